The SMILES string of the molecule is CCCC(=O)Oc1c(OC)c(C)cc2c1[C@@H]1C3[C@@H]4SC[C@]5(NCCc6c5[nH]c5ccccc65)C(=O)COC[C@H](c5c6c(c(C)c(OC(C)=O)c54)OCO6)N3[C@@H](C#N)[C@H](C2)N1C. The van der Waals surface area contributed by atoms with Gasteiger partial charge in [0.2, 0.25) is 6.79 Å². The number of para-hydroxylation sites is 1. The number of hydrogen-bond acceptors (Lipinski definition) is 14. The lowest BCUT2D eigenvalue weighted by Gasteiger charge is -2.61. The van der Waals surface area contributed by atoms with Crippen LogP contribution in [0.15, 0.2) is 30.3 Å². The Labute approximate surface area is 358 Å². The number of carbonyl (C=O) groups is 3. The molecule has 4 aromatic rings. The van der Waals surface area contributed by atoms with Crippen LogP contribution in [0.1, 0.15) is 88.7 Å². The van der Waals surface area contributed by atoms with E-state index in [-0.39, 0.29) is 50.0 Å². The van der Waals surface area contributed by atoms with Crippen molar-refractivity contribution in [1.29, 1.82) is 5.26 Å². The number of nitriles is 1. The van der Waals surface area contributed by atoms with Gasteiger partial charge in [0.25, 0.3) is 0 Å². The maximum Gasteiger partial charge on any atom is 0.311 e. The molecule has 15 heteroatoms. The summed E-state index contributed by atoms with van der Waals surface area (Å²) in [5, 5.41) is 15.6. The summed E-state index contributed by atoms with van der Waals surface area (Å²) in [6.45, 7) is 7.48. The summed E-state index contributed by atoms with van der Waals surface area (Å²) in [7, 11) is 3.62. The zero-order valence-corrected chi connectivity index (χ0v) is 36.0. The molecule has 1 unspecified atom stereocenters. The van der Waals surface area contributed by atoms with Gasteiger partial charge in [0.1, 0.15) is 23.9 Å². The highest BCUT2D eigenvalue weighted by molar-refractivity contribution is 7.99. The third-order valence-corrected chi connectivity index (χ3v) is 15.2. The minimum Gasteiger partial charge on any atom is -0.493 e. The van der Waals surface area contributed by atoms with Gasteiger partial charge in [-0.3, -0.25) is 29.5 Å². The number of esters is 2. The van der Waals surface area contributed by atoms with Gasteiger partial charge in [0.05, 0.1) is 37.1 Å². The summed E-state index contributed by atoms with van der Waals surface area (Å²) in [4.78, 5) is 49.8. The Balaban J connectivity index is 1.26. The second-order valence-electron chi connectivity index (χ2n) is 17.0. The minimum absolute atomic E-state index is 0.0182. The third kappa shape index (κ3) is 5.86. The van der Waals surface area contributed by atoms with Crippen molar-refractivity contribution in [2.75, 3.05) is 46.5 Å². The van der Waals surface area contributed by atoms with Crippen LogP contribution in [-0.2, 0) is 37.5 Å². The molecule has 4 bridgehead atoms. The summed E-state index contributed by atoms with van der Waals surface area (Å²) in [5.74, 6) is 1.49. The van der Waals surface area contributed by atoms with Gasteiger partial charge < -0.3 is 33.4 Å². The van der Waals surface area contributed by atoms with Gasteiger partial charge in [-0.25, -0.2) is 0 Å². The molecule has 2 fully saturated rings. The van der Waals surface area contributed by atoms with Gasteiger partial charge in [-0.2, -0.15) is 5.26 Å². The van der Waals surface area contributed by atoms with E-state index in [1.807, 2.05) is 46.0 Å². The molecule has 3 aromatic carbocycles. The van der Waals surface area contributed by atoms with Gasteiger partial charge >= 0.3 is 11.9 Å². The molecule has 2 N–H and O–H groups in total. The third-order valence-electron chi connectivity index (χ3n) is 13.7. The molecule has 14 nitrogen and oxygen atoms in total. The van der Waals surface area contributed by atoms with E-state index in [4.69, 9.17) is 28.4 Å². The molecule has 0 aliphatic carbocycles. The van der Waals surface area contributed by atoms with Crippen LogP contribution in [0.2, 0.25) is 0 Å². The average molecular weight is 848 g/mol. The number of aryl methyl sites for hydroxylation is 1. The lowest BCUT2D eigenvalue weighted by atomic mass is 9.71. The summed E-state index contributed by atoms with van der Waals surface area (Å²) >= 11 is 1.58. The van der Waals surface area contributed by atoms with Crippen molar-refractivity contribution in [3.8, 4) is 34.8 Å². The van der Waals surface area contributed by atoms with Crippen molar-refractivity contribution in [3.05, 3.63) is 75.0 Å². The molecule has 7 atom stereocenters. The lowest BCUT2D eigenvalue weighted by molar-refractivity contribution is -0.135. The Morgan fingerprint density at radius 1 is 1.08 bits per heavy atom. The van der Waals surface area contributed by atoms with E-state index in [1.54, 1.807) is 18.9 Å². The molecule has 0 radical (unpaired) electrons. The highest BCUT2D eigenvalue weighted by Gasteiger charge is 2.61. The van der Waals surface area contributed by atoms with Crippen molar-refractivity contribution >= 4 is 40.4 Å². The smallest absolute Gasteiger partial charge is 0.311 e. The monoisotopic (exact) mass is 847 g/mol. The summed E-state index contributed by atoms with van der Waals surface area (Å²) < 4.78 is 37.7. The van der Waals surface area contributed by atoms with E-state index in [2.05, 4.69) is 38.3 Å². The van der Waals surface area contributed by atoms with Crippen molar-refractivity contribution in [2.24, 2.45) is 0 Å². The maximum absolute atomic E-state index is 15.0. The van der Waals surface area contributed by atoms with E-state index in [1.165, 1.54) is 6.92 Å². The topological polar surface area (TPSA) is 165 Å². The fourth-order valence-electron chi connectivity index (χ4n) is 11.2. The van der Waals surface area contributed by atoms with E-state index >= 15 is 0 Å². The second-order valence-corrected chi connectivity index (χ2v) is 18.1. The molecule has 8 heterocycles. The van der Waals surface area contributed by atoms with Crippen LogP contribution in [0.3, 0.4) is 0 Å². The number of rotatable bonds is 5. The van der Waals surface area contributed by atoms with Crippen molar-refractivity contribution in [3.63, 3.8) is 0 Å². The molecule has 7 aliphatic rings. The molecule has 61 heavy (non-hydrogen) atoms. The number of ether oxygens (including phenoxy) is 6. The van der Waals surface area contributed by atoms with E-state index in [9.17, 15) is 19.6 Å². The molecule has 11 rings (SSSR count). The fourth-order valence-corrected chi connectivity index (χ4v) is 13.0. The number of hydrogen-bond donors (Lipinski definition) is 2. The number of piperazine rings is 1. The predicted octanol–water partition coefficient (Wildman–Crippen LogP) is 5.80. The van der Waals surface area contributed by atoms with Crippen LogP contribution in [0.5, 0.6) is 28.7 Å². The van der Waals surface area contributed by atoms with Crippen LogP contribution >= 0.6 is 11.8 Å². The highest BCUT2D eigenvalue weighted by Crippen LogP contribution is 2.64. The van der Waals surface area contributed by atoms with Gasteiger partial charge in [0.15, 0.2) is 28.8 Å². The minimum atomic E-state index is -1.18. The van der Waals surface area contributed by atoms with Gasteiger partial charge in [0, 0.05) is 76.6 Å². The Morgan fingerprint density at radius 2 is 1.89 bits per heavy atom. The Hall–Kier alpha value is -5.11. The van der Waals surface area contributed by atoms with Gasteiger partial charge in [-0.15, -0.1) is 11.8 Å². The molecule has 1 spiro atoms. The Kier molecular flexibility index (Phi) is 9.87. The van der Waals surface area contributed by atoms with Crippen molar-refractivity contribution in [2.45, 2.75) is 94.4 Å². The zero-order chi connectivity index (χ0) is 42.5. The first-order chi connectivity index (χ1) is 29.5. The number of likely N-dealkylation sites (N-methyl/N-ethyl adjacent to an activating group) is 1. The number of fused-ring (bicyclic) bond motifs is 12. The highest BCUT2D eigenvalue weighted by atomic mass is 32.2. The van der Waals surface area contributed by atoms with Crippen LogP contribution in [0, 0.1) is 25.2 Å². The van der Waals surface area contributed by atoms with Crippen LogP contribution < -0.4 is 29.0 Å². The molecule has 1 aromatic heterocycles. The first-order valence-electron chi connectivity index (χ1n) is 21.0. The summed E-state index contributed by atoms with van der Waals surface area (Å²) in [6, 6.07) is 10.4. The normalized spacial score (nSPS) is 27.7. The Morgan fingerprint density at radius 3 is 2.66 bits per heavy atom. The molecule has 318 valence electrons. The average Bonchev–Trinajstić information content (AvgIpc) is 3.88. The van der Waals surface area contributed by atoms with E-state index in [0.29, 0.717) is 59.3 Å². The summed E-state index contributed by atoms with van der Waals surface area (Å²) in [5.41, 5.74) is 6.35. The number of thioether (sulfide) groups is 1. The molecular weight excluding hydrogens is 799 g/mol. The summed E-state index contributed by atoms with van der Waals surface area (Å²) in [6.07, 6.45) is 2.08. The molecule has 2 saturated heterocycles. The maximum atomic E-state index is 15.0. The van der Waals surface area contributed by atoms with Gasteiger partial charge in [-0.1, -0.05) is 31.2 Å². The number of aromatic nitrogens is 1. The molecular formula is C46H49N5O9S. The number of ketones is 1. The predicted molar refractivity (Wildman–Crippen MR) is 225 cm³/mol. The lowest BCUT2D eigenvalue weighted by Crippen LogP contribution is -2.69. The number of benzene rings is 3. The second kappa shape index (κ2) is 15.1. The number of nitrogens with one attached hydrogen (secondary N) is 2. The van der Waals surface area contributed by atoms with Crippen LogP contribution in [0.4, 0.5) is 0 Å². The number of methoxy groups -OCH3 is 1. The number of aromatic amines is 1. The number of H-pyrrole nitrogens is 1. The zero-order valence-electron chi connectivity index (χ0n) is 35.1. The molecule has 7 aliphatic heterocycles. The van der Waals surface area contributed by atoms with Gasteiger partial charge in [-0.05, 0) is 62.9 Å². The largest absolute Gasteiger partial charge is 0.493 e. The van der Waals surface area contributed by atoms with Crippen molar-refractivity contribution in [1.82, 2.24) is 20.1 Å². The van der Waals surface area contributed by atoms with E-state index in [0.717, 1.165) is 50.8 Å². The molecule has 0 amide bonds. The van der Waals surface area contributed by atoms with Crippen LogP contribution in [0.25, 0.3) is 10.9 Å². The first kappa shape index (κ1) is 40.0. The van der Waals surface area contributed by atoms with E-state index < -0.39 is 40.9 Å². The van der Waals surface area contributed by atoms with Crippen LogP contribution in [-0.4, -0.2) is 97.1 Å². The number of nitrogens with zero attached hydrogens (tertiary/aromatic N) is 3. The standard InChI is InChI=1S/C46H49N5O9S/c1-7-10-33(54)60-43-34-25(15-22(2)39(43)55-6)16-29-30(17-47)51-31-18-56-19-32(53)46(45-27(13-14-48-46)26-11-8-9-12-28(26)49-45)20-61-44(38(51)37(34)50(29)5)36-35(31)42-41(57-21-58-42)23(3)40(36)59-24(4)52/h8-9,11-12,15,29-31,37-38,44,48-49H,7,10,13-14,16,18-21H2,1-6H3/t29-,30-,31+,37+,38?,44+,46-/m0/s1. The Bertz CT molecular complexity index is 2570. The quantitative estimate of drug-likeness (QED) is 0.183. The first-order valence-corrected chi connectivity index (χ1v) is 22.1. The number of Topliss-reactive ketones (excluding diaryl/α,β-unsaturated/α-hetero) is 1. The number of carbonyl (C=O) groups excluding carboxylic acids is 3. The fraction of sp³-hybridized carbons (Fsp3) is 0.478. The van der Waals surface area contributed by atoms with Crippen molar-refractivity contribution < 1.29 is 42.8 Å². The molecule has 0 saturated carbocycles.